The Morgan fingerprint density at radius 2 is 2.24 bits per heavy atom. The lowest BCUT2D eigenvalue weighted by Gasteiger charge is -2.23. The molecular formula is C18H29N5O2. The molecule has 7 nitrogen and oxygen atoms in total. The van der Waals surface area contributed by atoms with E-state index in [2.05, 4.69) is 22.2 Å². The van der Waals surface area contributed by atoms with Crippen LogP contribution in [0.5, 0.6) is 0 Å². The number of nitrogens with zero attached hydrogens (tertiary/aromatic N) is 3. The monoisotopic (exact) mass is 347 g/mol. The van der Waals surface area contributed by atoms with Crippen LogP contribution in [0, 0.1) is 5.92 Å². The Bertz CT molecular complexity index is 601. The standard InChI is InChI=1S/C18H29N5O2/c1-2-3-8-20-18-21-16(19)14-11-15(24)23(17(14)22-18)9-4-6-13-7-5-10-25-12-13/h13H,2-12H2,1H3,(H3,19,20,21,22). The molecule has 0 aliphatic carbocycles. The van der Waals surface area contributed by atoms with Crippen LogP contribution in [0.2, 0.25) is 0 Å². The van der Waals surface area contributed by atoms with Crippen LogP contribution in [0.25, 0.3) is 0 Å². The summed E-state index contributed by atoms with van der Waals surface area (Å²) in [6.07, 6.45) is 6.87. The van der Waals surface area contributed by atoms with Crippen molar-refractivity contribution < 1.29 is 9.53 Å². The van der Waals surface area contributed by atoms with Crippen LogP contribution in [0.4, 0.5) is 17.6 Å². The van der Waals surface area contributed by atoms with Crippen LogP contribution in [0.15, 0.2) is 0 Å². The molecule has 1 saturated heterocycles. The van der Waals surface area contributed by atoms with E-state index in [4.69, 9.17) is 10.5 Å². The van der Waals surface area contributed by atoms with Crippen LogP contribution >= 0.6 is 0 Å². The van der Waals surface area contributed by atoms with Gasteiger partial charge in [-0.2, -0.15) is 9.97 Å². The van der Waals surface area contributed by atoms with Gasteiger partial charge in [0.25, 0.3) is 0 Å². The number of hydrogen-bond acceptors (Lipinski definition) is 6. The van der Waals surface area contributed by atoms with E-state index in [0.717, 1.165) is 57.4 Å². The molecule has 0 radical (unpaired) electrons. The second kappa shape index (κ2) is 8.47. The molecule has 2 aliphatic rings. The number of hydrogen-bond donors (Lipinski definition) is 2. The maximum atomic E-state index is 12.4. The highest BCUT2D eigenvalue weighted by molar-refractivity contribution is 6.01. The largest absolute Gasteiger partial charge is 0.383 e. The van der Waals surface area contributed by atoms with E-state index in [9.17, 15) is 4.79 Å². The lowest BCUT2D eigenvalue weighted by atomic mass is 9.97. The molecule has 1 aromatic rings. The van der Waals surface area contributed by atoms with Gasteiger partial charge >= 0.3 is 0 Å². The van der Waals surface area contributed by atoms with Gasteiger partial charge in [0.2, 0.25) is 11.9 Å². The molecule has 1 unspecified atom stereocenters. The number of fused-ring (bicyclic) bond motifs is 1. The highest BCUT2D eigenvalue weighted by Gasteiger charge is 2.31. The Kier molecular flexibility index (Phi) is 6.07. The molecule has 0 saturated carbocycles. The normalized spacial score (nSPS) is 20.0. The van der Waals surface area contributed by atoms with Gasteiger partial charge in [0, 0.05) is 31.9 Å². The van der Waals surface area contributed by atoms with E-state index in [0.29, 0.717) is 36.5 Å². The van der Waals surface area contributed by atoms with E-state index < -0.39 is 0 Å². The van der Waals surface area contributed by atoms with Crippen LogP contribution < -0.4 is 16.0 Å². The Balaban J connectivity index is 1.62. The predicted octanol–water partition coefficient (Wildman–Crippen LogP) is 2.37. The molecule has 1 fully saturated rings. The molecule has 1 atom stereocenters. The number of anilines is 3. The number of nitrogen functional groups attached to an aromatic ring is 1. The maximum Gasteiger partial charge on any atom is 0.232 e. The summed E-state index contributed by atoms with van der Waals surface area (Å²) >= 11 is 0. The number of aromatic nitrogens is 2. The smallest absolute Gasteiger partial charge is 0.232 e. The molecule has 3 rings (SSSR count). The average Bonchev–Trinajstić information content (AvgIpc) is 2.93. The maximum absolute atomic E-state index is 12.4. The van der Waals surface area contributed by atoms with E-state index >= 15 is 0 Å². The number of rotatable bonds is 8. The minimum Gasteiger partial charge on any atom is -0.383 e. The van der Waals surface area contributed by atoms with Crippen LogP contribution in [0.1, 0.15) is 51.0 Å². The Labute approximate surface area is 149 Å². The molecule has 0 aromatic carbocycles. The van der Waals surface area contributed by atoms with Crippen LogP contribution in [-0.4, -0.2) is 42.2 Å². The molecule has 1 amide bonds. The van der Waals surface area contributed by atoms with E-state index in [-0.39, 0.29) is 5.91 Å². The second-order valence-corrected chi connectivity index (χ2v) is 6.96. The first-order valence-corrected chi connectivity index (χ1v) is 9.47. The summed E-state index contributed by atoms with van der Waals surface area (Å²) in [4.78, 5) is 23.0. The summed E-state index contributed by atoms with van der Waals surface area (Å²) in [5.41, 5.74) is 6.83. The van der Waals surface area contributed by atoms with E-state index in [1.165, 1.54) is 6.42 Å². The molecule has 25 heavy (non-hydrogen) atoms. The molecule has 0 bridgehead atoms. The third-order valence-electron chi connectivity index (χ3n) is 4.96. The highest BCUT2D eigenvalue weighted by Crippen LogP contribution is 2.32. The van der Waals surface area contributed by atoms with E-state index in [1.54, 1.807) is 4.90 Å². The fourth-order valence-electron chi connectivity index (χ4n) is 3.51. The van der Waals surface area contributed by atoms with Crippen molar-refractivity contribution in [1.82, 2.24) is 9.97 Å². The van der Waals surface area contributed by atoms with Gasteiger partial charge in [0.15, 0.2) is 0 Å². The first-order valence-electron chi connectivity index (χ1n) is 9.47. The van der Waals surface area contributed by atoms with Crippen molar-refractivity contribution in [2.45, 2.75) is 51.9 Å². The fourth-order valence-corrected chi connectivity index (χ4v) is 3.51. The zero-order valence-electron chi connectivity index (χ0n) is 15.1. The molecule has 7 heteroatoms. The number of unbranched alkanes of at least 4 members (excludes halogenated alkanes) is 1. The van der Waals surface area contributed by atoms with Crippen molar-refractivity contribution in [1.29, 1.82) is 0 Å². The minimum absolute atomic E-state index is 0.0709. The number of carbonyl (C=O) groups is 1. The molecule has 3 heterocycles. The zero-order valence-corrected chi connectivity index (χ0v) is 15.1. The summed E-state index contributed by atoms with van der Waals surface area (Å²) in [6, 6.07) is 0. The summed E-state index contributed by atoms with van der Waals surface area (Å²) in [5, 5.41) is 3.20. The summed E-state index contributed by atoms with van der Waals surface area (Å²) in [5.74, 6) is 2.32. The predicted molar refractivity (Wildman–Crippen MR) is 98.7 cm³/mol. The number of carbonyl (C=O) groups excluding carboxylic acids is 1. The first-order chi connectivity index (χ1) is 12.2. The van der Waals surface area contributed by atoms with Crippen molar-refractivity contribution in [2.24, 2.45) is 5.92 Å². The van der Waals surface area contributed by atoms with Gasteiger partial charge in [-0.05, 0) is 38.0 Å². The zero-order chi connectivity index (χ0) is 17.6. The van der Waals surface area contributed by atoms with Gasteiger partial charge in [0.1, 0.15) is 11.6 Å². The average molecular weight is 347 g/mol. The Morgan fingerprint density at radius 3 is 3.00 bits per heavy atom. The van der Waals surface area contributed by atoms with Crippen molar-refractivity contribution >= 4 is 23.5 Å². The van der Waals surface area contributed by atoms with Crippen LogP contribution in [0.3, 0.4) is 0 Å². The van der Waals surface area contributed by atoms with Crippen molar-refractivity contribution in [3.05, 3.63) is 5.56 Å². The quantitative estimate of drug-likeness (QED) is 0.701. The molecular weight excluding hydrogens is 318 g/mol. The summed E-state index contributed by atoms with van der Waals surface area (Å²) in [6.45, 7) is 5.37. The molecule has 1 aromatic heterocycles. The minimum atomic E-state index is 0.0709. The first kappa shape index (κ1) is 17.9. The highest BCUT2D eigenvalue weighted by atomic mass is 16.5. The topological polar surface area (TPSA) is 93.4 Å². The number of nitrogens with one attached hydrogen (secondary N) is 1. The fraction of sp³-hybridized carbons (Fsp3) is 0.722. The third-order valence-corrected chi connectivity index (χ3v) is 4.96. The Hall–Kier alpha value is -1.89. The van der Waals surface area contributed by atoms with Gasteiger partial charge in [-0.15, -0.1) is 0 Å². The number of ether oxygens (including phenoxy) is 1. The van der Waals surface area contributed by atoms with Crippen LogP contribution in [-0.2, 0) is 16.0 Å². The molecule has 2 aliphatic heterocycles. The summed E-state index contributed by atoms with van der Waals surface area (Å²) in [7, 11) is 0. The van der Waals surface area contributed by atoms with Gasteiger partial charge in [-0.25, -0.2) is 0 Å². The Morgan fingerprint density at radius 1 is 1.36 bits per heavy atom. The molecule has 0 spiro atoms. The van der Waals surface area contributed by atoms with Gasteiger partial charge in [0.05, 0.1) is 6.42 Å². The second-order valence-electron chi connectivity index (χ2n) is 6.96. The lowest BCUT2D eigenvalue weighted by molar-refractivity contribution is -0.117. The third kappa shape index (κ3) is 4.39. The lowest BCUT2D eigenvalue weighted by Crippen LogP contribution is -2.29. The molecule has 3 N–H and O–H groups in total. The number of amides is 1. The van der Waals surface area contributed by atoms with Gasteiger partial charge < -0.3 is 15.8 Å². The van der Waals surface area contributed by atoms with Gasteiger partial charge in [-0.3, -0.25) is 9.69 Å². The SMILES string of the molecule is CCCCNc1nc(N)c2c(n1)N(CCCC1CCCOC1)C(=O)C2. The van der Waals surface area contributed by atoms with Crippen molar-refractivity contribution in [2.75, 3.05) is 42.3 Å². The molecule has 138 valence electrons. The van der Waals surface area contributed by atoms with Gasteiger partial charge in [-0.1, -0.05) is 13.3 Å². The van der Waals surface area contributed by atoms with Crippen molar-refractivity contribution in [3.63, 3.8) is 0 Å². The number of nitrogens with two attached hydrogens (primary N) is 1. The van der Waals surface area contributed by atoms with E-state index in [1.807, 2.05) is 0 Å². The summed E-state index contributed by atoms with van der Waals surface area (Å²) < 4.78 is 5.53. The van der Waals surface area contributed by atoms with Crippen molar-refractivity contribution in [3.8, 4) is 0 Å².